The average Bonchev–Trinajstić information content (AvgIpc) is 2.90. The van der Waals surface area contributed by atoms with E-state index in [2.05, 4.69) is 11.4 Å². The van der Waals surface area contributed by atoms with E-state index in [1.54, 1.807) is 17.0 Å². The van der Waals surface area contributed by atoms with Gasteiger partial charge in [0.05, 0.1) is 6.61 Å². The molecule has 0 saturated heterocycles. The summed E-state index contributed by atoms with van der Waals surface area (Å²) in [6.07, 6.45) is 2.08. The standard InChI is InChI=1S/C31H37ClN2O3/c1-4-24(3)33-31(36)29(21-25-11-6-5-7-12-25)34(22-26-13-8-10-23(2)20-26)30(35)14-9-19-37-28-17-15-27(32)16-18-28/h5-8,10-13,15-18,20,24,29H,4,9,14,19,21-22H2,1-3H3,(H,33,36). The van der Waals surface area contributed by atoms with Crippen molar-refractivity contribution in [1.29, 1.82) is 0 Å². The largest absolute Gasteiger partial charge is 0.494 e. The fraction of sp³-hybridized carbons (Fsp3) is 0.355. The Hall–Kier alpha value is -3.31. The highest BCUT2D eigenvalue weighted by atomic mass is 35.5. The van der Waals surface area contributed by atoms with Gasteiger partial charge in [0.15, 0.2) is 0 Å². The van der Waals surface area contributed by atoms with Gasteiger partial charge in [0.2, 0.25) is 11.8 Å². The molecule has 2 amide bonds. The van der Waals surface area contributed by atoms with Gasteiger partial charge < -0.3 is 15.0 Å². The molecule has 0 fully saturated rings. The predicted molar refractivity (Wildman–Crippen MR) is 150 cm³/mol. The van der Waals surface area contributed by atoms with Gasteiger partial charge in [-0.2, -0.15) is 0 Å². The van der Waals surface area contributed by atoms with E-state index >= 15 is 0 Å². The number of rotatable bonds is 13. The molecule has 0 radical (unpaired) electrons. The van der Waals surface area contributed by atoms with Crippen molar-refractivity contribution in [2.75, 3.05) is 6.61 Å². The fourth-order valence-electron chi connectivity index (χ4n) is 4.09. The summed E-state index contributed by atoms with van der Waals surface area (Å²) in [5, 5.41) is 3.76. The maximum Gasteiger partial charge on any atom is 0.243 e. The lowest BCUT2D eigenvalue weighted by atomic mass is 10.0. The monoisotopic (exact) mass is 520 g/mol. The van der Waals surface area contributed by atoms with E-state index in [1.807, 2.05) is 81.4 Å². The number of hydrogen-bond donors (Lipinski definition) is 1. The smallest absolute Gasteiger partial charge is 0.243 e. The molecule has 196 valence electrons. The second-order valence-electron chi connectivity index (χ2n) is 9.44. The molecule has 0 aliphatic carbocycles. The Labute approximate surface area is 225 Å². The Bertz CT molecular complexity index is 1130. The molecule has 3 aromatic carbocycles. The van der Waals surface area contributed by atoms with Crippen molar-refractivity contribution in [2.45, 2.75) is 65.1 Å². The summed E-state index contributed by atoms with van der Waals surface area (Å²) in [6.45, 7) is 6.81. The van der Waals surface area contributed by atoms with E-state index < -0.39 is 6.04 Å². The van der Waals surface area contributed by atoms with Gasteiger partial charge in [0.1, 0.15) is 11.8 Å². The highest BCUT2D eigenvalue weighted by molar-refractivity contribution is 6.30. The van der Waals surface area contributed by atoms with Gasteiger partial charge in [-0.25, -0.2) is 0 Å². The lowest BCUT2D eigenvalue weighted by Crippen LogP contribution is -2.52. The Morgan fingerprint density at radius 2 is 1.68 bits per heavy atom. The van der Waals surface area contributed by atoms with E-state index in [4.69, 9.17) is 16.3 Å². The van der Waals surface area contributed by atoms with E-state index in [1.165, 1.54) is 0 Å². The molecule has 37 heavy (non-hydrogen) atoms. The molecule has 0 saturated carbocycles. The third-order valence-corrected chi connectivity index (χ3v) is 6.58. The molecule has 3 rings (SSSR count). The van der Waals surface area contributed by atoms with Gasteiger partial charge >= 0.3 is 0 Å². The number of amides is 2. The number of carbonyl (C=O) groups excluding carboxylic acids is 2. The molecular weight excluding hydrogens is 484 g/mol. The van der Waals surface area contributed by atoms with Crippen molar-refractivity contribution in [1.82, 2.24) is 10.2 Å². The van der Waals surface area contributed by atoms with Crippen molar-refractivity contribution >= 4 is 23.4 Å². The average molecular weight is 521 g/mol. The lowest BCUT2D eigenvalue weighted by Gasteiger charge is -2.32. The number of benzene rings is 3. The second-order valence-corrected chi connectivity index (χ2v) is 9.88. The molecular formula is C31H37ClN2O3. The van der Waals surface area contributed by atoms with E-state index in [0.29, 0.717) is 36.8 Å². The molecule has 0 aromatic heterocycles. The van der Waals surface area contributed by atoms with Crippen LogP contribution in [0.4, 0.5) is 0 Å². The predicted octanol–water partition coefficient (Wildman–Crippen LogP) is 6.36. The zero-order valence-corrected chi connectivity index (χ0v) is 22.7. The summed E-state index contributed by atoms with van der Waals surface area (Å²) in [6, 6.07) is 24.5. The van der Waals surface area contributed by atoms with Gasteiger partial charge in [-0.15, -0.1) is 0 Å². The third-order valence-electron chi connectivity index (χ3n) is 6.32. The van der Waals surface area contributed by atoms with Crippen LogP contribution in [0.25, 0.3) is 0 Å². The van der Waals surface area contributed by atoms with Gasteiger partial charge in [-0.05, 0) is 62.1 Å². The van der Waals surface area contributed by atoms with E-state index in [0.717, 1.165) is 23.1 Å². The third kappa shape index (κ3) is 9.25. The van der Waals surface area contributed by atoms with Crippen molar-refractivity contribution < 1.29 is 14.3 Å². The highest BCUT2D eigenvalue weighted by Crippen LogP contribution is 2.19. The van der Waals surface area contributed by atoms with E-state index in [9.17, 15) is 9.59 Å². The first kappa shape index (κ1) is 28.3. The normalized spacial score (nSPS) is 12.4. The number of nitrogens with one attached hydrogen (secondary N) is 1. The topological polar surface area (TPSA) is 58.6 Å². The summed E-state index contributed by atoms with van der Waals surface area (Å²) in [5.74, 6) is 0.515. The summed E-state index contributed by atoms with van der Waals surface area (Å²) in [5.41, 5.74) is 3.13. The Morgan fingerprint density at radius 1 is 0.973 bits per heavy atom. The van der Waals surface area contributed by atoms with Crippen molar-refractivity contribution in [3.63, 3.8) is 0 Å². The zero-order chi connectivity index (χ0) is 26.6. The zero-order valence-electron chi connectivity index (χ0n) is 22.0. The first-order valence-electron chi connectivity index (χ1n) is 12.9. The number of halogens is 1. The molecule has 5 nitrogen and oxygen atoms in total. The molecule has 3 aromatic rings. The highest BCUT2D eigenvalue weighted by Gasteiger charge is 2.30. The Morgan fingerprint density at radius 3 is 2.35 bits per heavy atom. The van der Waals surface area contributed by atoms with Crippen LogP contribution in [0, 0.1) is 6.92 Å². The minimum atomic E-state index is -0.624. The molecule has 6 heteroatoms. The Balaban J connectivity index is 1.79. The van der Waals surface area contributed by atoms with Gasteiger partial charge in [-0.1, -0.05) is 78.7 Å². The number of ether oxygens (including phenoxy) is 1. The van der Waals surface area contributed by atoms with Crippen molar-refractivity contribution in [3.05, 3.63) is 101 Å². The maximum atomic E-state index is 13.7. The van der Waals surface area contributed by atoms with Gasteiger partial charge in [0, 0.05) is 30.5 Å². The molecule has 0 aliphatic rings. The first-order valence-corrected chi connectivity index (χ1v) is 13.3. The van der Waals surface area contributed by atoms with E-state index in [-0.39, 0.29) is 24.3 Å². The molecule has 0 spiro atoms. The van der Waals surface area contributed by atoms with Crippen molar-refractivity contribution in [3.8, 4) is 5.75 Å². The number of aryl methyl sites for hydroxylation is 1. The van der Waals surface area contributed by atoms with Crippen LogP contribution in [0.1, 0.15) is 49.8 Å². The van der Waals surface area contributed by atoms with Gasteiger partial charge in [-0.3, -0.25) is 9.59 Å². The maximum absolute atomic E-state index is 13.7. The van der Waals surface area contributed by atoms with Crippen LogP contribution >= 0.6 is 11.6 Å². The SMILES string of the molecule is CCC(C)NC(=O)C(Cc1ccccc1)N(Cc1cccc(C)c1)C(=O)CCCOc1ccc(Cl)cc1. The first-order chi connectivity index (χ1) is 17.9. The summed E-state index contributed by atoms with van der Waals surface area (Å²) in [4.78, 5) is 28.9. The number of nitrogens with zero attached hydrogens (tertiary/aromatic N) is 1. The molecule has 0 aliphatic heterocycles. The number of carbonyl (C=O) groups is 2. The summed E-state index contributed by atoms with van der Waals surface area (Å²) in [7, 11) is 0. The van der Waals surface area contributed by atoms with Crippen LogP contribution in [-0.4, -0.2) is 35.4 Å². The van der Waals surface area contributed by atoms with Crippen LogP contribution < -0.4 is 10.1 Å². The fourth-order valence-corrected chi connectivity index (χ4v) is 4.22. The molecule has 2 atom stereocenters. The van der Waals surface area contributed by atoms with Crippen LogP contribution in [0.3, 0.4) is 0 Å². The molecule has 0 bridgehead atoms. The van der Waals surface area contributed by atoms with Crippen molar-refractivity contribution in [2.24, 2.45) is 0 Å². The molecule has 0 heterocycles. The molecule has 1 N–H and O–H groups in total. The minimum Gasteiger partial charge on any atom is -0.494 e. The van der Waals surface area contributed by atoms with Gasteiger partial charge in [0.25, 0.3) is 0 Å². The minimum absolute atomic E-state index is 0.0227. The summed E-state index contributed by atoms with van der Waals surface area (Å²) < 4.78 is 5.79. The van der Waals surface area contributed by atoms with Crippen LogP contribution in [0.15, 0.2) is 78.9 Å². The lowest BCUT2D eigenvalue weighted by molar-refractivity contribution is -0.141. The van der Waals surface area contributed by atoms with Crippen LogP contribution in [-0.2, 0) is 22.6 Å². The number of hydrogen-bond acceptors (Lipinski definition) is 3. The molecule has 2 unspecified atom stereocenters. The second kappa shape index (κ2) is 14.4. The summed E-state index contributed by atoms with van der Waals surface area (Å²) >= 11 is 5.94. The van der Waals surface area contributed by atoms with Crippen LogP contribution in [0.5, 0.6) is 5.75 Å². The quantitative estimate of drug-likeness (QED) is 0.267. The Kier molecular flexibility index (Phi) is 11.0. The van der Waals surface area contributed by atoms with Crippen LogP contribution in [0.2, 0.25) is 5.02 Å².